The van der Waals surface area contributed by atoms with Gasteiger partial charge in [0.2, 0.25) is 0 Å². The maximum absolute atomic E-state index is 6.06. The largest absolute Gasteiger partial charge is 0.494 e. The molecule has 0 fully saturated rings. The van der Waals surface area contributed by atoms with Crippen molar-refractivity contribution in [1.29, 1.82) is 0 Å². The van der Waals surface area contributed by atoms with Crippen molar-refractivity contribution in [3.8, 4) is 11.5 Å². The van der Waals surface area contributed by atoms with Gasteiger partial charge in [0.05, 0.1) is 6.61 Å². The molecule has 0 spiro atoms. The first-order valence-electron chi connectivity index (χ1n) is 6.92. The highest BCUT2D eigenvalue weighted by Gasteiger charge is 2.12. The lowest BCUT2D eigenvalue weighted by Gasteiger charge is -2.19. The van der Waals surface area contributed by atoms with Crippen LogP contribution < -0.4 is 14.8 Å². The summed E-state index contributed by atoms with van der Waals surface area (Å²) < 4.78 is 11.5. The van der Waals surface area contributed by atoms with Crippen LogP contribution in [0.5, 0.6) is 11.5 Å². The molecule has 0 aliphatic heterocycles. The Morgan fingerprint density at radius 1 is 0.950 bits per heavy atom. The molecule has 0 amide bonds. The van der Waals surface area contributed by atoms with E-state index >= 15 is 0 Å². The van der Waals surface area contributed by atoms with Crippen molar-refractivity contribution in [2.75, 3.05) is 20.2 Å². The molecule has 1 atom stereocenters. The van der Waals surface area contributed by atoms with Crippen molar-refractivity contribution in [3.05, 3.63) is 60.2 Å². The van der Waals surface area contributed by atoms with E-state index in [9.17, 15) is 0 Å². The number of nitrogens with one attached hydrogen (secondary N) is 1. The van der Waals surface area contributed by atoms with Gasteiger partial charge in [0, 0.05) is 6.54 Å². The molecule has 106 valence electrons. The van der Waals surface area contributed by atoms with E-state index in [0.717, 1.165) is 23.6 Å². The Balaban J connectivity index is 2.08. The zero-order chi connectivity index (χ0) is 14.2. The van der Waals surface area contributed by atoms with Crippen molar-refractivity contribution in [2.45, 2.75) is 13.0 Å². The minimum atomic E-state index is -0.000793. The molecule has 2 rings (SSSR count). The fourth-order valence-corrected chi connectivity index (χ4v) is 2.03. The summed E-state index contributed by atoms with van der Waals surface area (Å²) in [5.41, 5.74) is 1.16. The Bertz CT molecular complexity index is 496. The van der Waals surface area contributed by atoms with E-state index < -0.39 is 0 Å². The molecule has 1 unspecified atom stereocenters. The van der Waals surface area contributed by atoms with Crippen LogP contribution in [0.1, 0.15) is 18.6 Å². The third kappa shape index (κ3) is 4.00. The minimum absolute atomic E-state index is 0.000793. The monoisotopic (exact) mass is 271 g/mol. The van der Waals surface area contributed by atoms with E-state index in [0.29, 0.717) is 6.61 Å². The lowest BCUT2D eigenvalue weighted by Crippen LogP contribution is -2.21. The second-order valence-corrected chi connectivity index (χ2v) is 4.48. The van der Waals surface area contributed by atoms with Crippen molar-refractivity contribution in [1.82, 2.24) is 5.32 Å². The Hall–Kier alpha value is -2.00. The van der Waals surface area contributed by atoms with Crippen LogP contribution in [0.3, 0.4) is 0 Å². The van der Waals surface area contributed by atoms with E-state index in [-0.39, 0.29) is 6.10 Å². The molecule has 3 nitrogen and oxygen atoms in total. The summed E-state index contributed by atoms with van der Waals surface area (Å²) in [5, 5.41) is 3.17. The molecule has 0 aromatic heterocycles. The normalized spacial score (nSPS) is 11.9. The third-order valence-electron chi connectivity index (χ3n) is 2.97. The predicted octanol–water partition coefficient (Wildman–Crippen LogP) is 3.42. The zero-order valence-electron chi connectivity index (χ0n) is 12.0. The van der Waals surface area contributed by atoms with Gasteiger partial charge in [0.15, 0.2) is 0 Å². The zero-order valence-corrected chi connectivity index (χ0v) is 12.0. The standard InChI is InChI=1S/C17H21NO2/c1-3-19-15-9-11-16(12-10-15)20-17(13-18-2)14-7-5-4-6-8-14/h4-12,17-18H,3,13H2,1-2H3. The number of hydrogen-bond acceptors (Lipinski definition) is 3. The van der Waals surface area contributed by atoms with Crippen molar-refractivity contribution in [3.63, 3.8) is 0 Å². The fourth-order valence-electron chi connectivity index (χ4n) is 2.03. The lowest BCUT2D eigenvalue weighted by atomic mass is 10.1. The van der Waals surface area contributed by atoms with Crippen LogP contribution in [-0.2, 0) is 0 Å². The summed E-state index contributed by atoms with van der Waals surface area (Å²) in [4.78, 5) is 0. The highest BCUT2D eigenvalue weighted by molar-refractivity contribution is 5.32. The van der Waals surface area contributed by atoms with Crippen LogP contribution in [0.15, 0.2) is 54.6 Å². The quantitative estimate of drug-likeness (QED) is 0.837. The Kier molecular flexibility index (Phi) is 5.44. The average Bonchev–Trinajstić information content (AvgIpc) is 2.50. The summed E-state index contributed by atoms with van der Waals surface area (Å²) in [7, 11) is 1.93. The van der Waals surface area contributed by atoms with Gasteiger partial charge in [-0.3, -0.25) is 0 Å². The summed E-state index contributed by atoms with van der Waals surface area (Å²) in [6, 6.07) is 18.0. The van der Waals surface area contributed by atoms with Crippen LogP contribution in [-0.4, -0.2) is 20.2 Å². The second kappa shape index (κ2) is 7.56. The molecule has 2 aromatic rings. The van der Waals surface area contributed by atoms with Crippen LogP contribution in [0, 0.1) is 0 Å². The Morgan fingerprint density at radius 2 is 1.60 bits per heavy atom. The van der Waals surface area contributed by atoms with Gasteiger partial charge in [0.1, 0.15) is 17.6 Å². The summed E-state index contributed by atoms with van der Waals surface area (Å²) in [6.45, 7) is 3.41. The van der Waals surface area contributed by atoms with Gasteiger partial charge in [0.25, 0.3) is 0 Å². The average molecular weight is 271 g/mol. The number of hydrogen-bond donors (Lipinski definition) is 1. The maximum Gasteiger partial charge on any atom is 0.136 e. The second-order valence-electron chi connectivity index (χ2n) is 4.48. The van der Waals surface area contributed by atoms with Gasteiger partial charge in [-0.15, -0.1) is 0 Å². The number of ether oxygens (including phenoxy) is 2. The highest BCUT2D eigenvalue weighted by atomic mass is 16.5. The van der Waals surface area contributed by atoms with Gasteiger partial charge in [-0.1, -0.05) is 30.3 Å². The van der Waals surface area contributed by atoms with Crippen molar-refractivity contribution >= 4 is 0 Å². The molecule has 2 aromatic carbocycles. The molecule has 20 heavy (non-hydrogen) atoms. The van der Waals surface area contributed by atoms with Crippen LogP contribution in [0.4, 0.5) is 0 Å². The maximum atomic E-state index is 6.06. The summed E-state index contributed by atoms with van der Waals surface area (Å²) in [6.07, 6.45) is -0.000793. The molecule has 0 bridgehead atoms. The molecular weight excluding hydrogens is 250 g/mol. The van der Waals surface area contributed by atoms with E-state index in [4.69, 9.17) is 9.47 Å². The van der Waals surface area contributed by atoms with E-state index in [2.05, 4.69) is 17.4 Å². The molecule has 0 aliphatic rings. The summed E-state index contributed by atoms with van der Waals surface area (Å²) in [5.74, 6) is 1.71. The van der Waals surface area contributed by atoms with E-state index in [1.165, 1.54) is 0 Å². The molecule has 0 heterocycles. The van der Waals surface area contributed by atoms with Gasteiger partial charge in [-0.25, -0.2) is 0 Å². The molecular formula is C17H21NO2. The van der Waals surface area contributed by atoms with Crippen molar-refractivity contribution < 1.29 is 9.47 Å². The molecule has 0 aliphatic carbocycles. The molecule has 1 N–H and O–H groups in total. The van der Waals surface area contributed by atoms with Crippen LogP contribution >= 0.6 is 0 Å². The third-order valence-corrected chi connectivity index (χ3v) is 2.97. The predicted molar refractivity (Wildman–Crippen MR) is 81.3 cm³/mol. The molecule has 0 radical (unpaired) electrons. The minimum Gasteiger partial charge on any atom is -0.494 e. The molecule has 3 heteroatoms. The molecule has 0 saturated carbocycles. The Morgan fingerprint density at radius 3 is 2.20 bits per heavy atom. The fraction of sp³-hybridized carbons (Fsp3) is 0.294. The van der Waals surface area contributed by atoms with Crippen molar-refractivity contribution in [2.24, 2.45) is 0 Å². The number of rotatable bonds is 7. The van der Waals surface area contributed by atoms with E-state index in [1.54, 1.807) is 0 Å². The first-order valence-corrected chi connectivity index (χ1v) is 6.92. The van der Waals surface area contributed by atoms with Gasteiger partial charge < -0.3 is 14.8 Å². The van der Waals surface area contributed by atoms with Gasteiger partial charge >= 0.3 is 0 Å². The topological polar surface area (TPSA) is 30.5 Å². The van der Waals surface area contributed by atoms with Crippen LogP contribution in [0.25, 0.3) is 0 Å². The smallest absolute Gasteiger partial charge is 0.136 e. The first-order chi connectivity index (χ1) is 9.83. The van der Waals surface area contributed by atoms with Gasteiger partial charge in [-0.05, 0) is 43.8 Å². The first kappa shape index (κ1) is 14.4. The highest BCUT2D eigenvalue weighted by Crippen LogP contribution is 2.23. The lowest BCUT2D eigenvalue weighted by molar-refractivity contribution is 0.204. The van der Waals surface area contributed by atoms with Crippen LogP contribution in [0.2, 0.25) is 0 Å². The van der Waals surface area contributed by atoms with E-state index in [1.807, 2.05) is 56.4 Å². The number of benzene rings is 2. The summed E-state index contributed by atoms with van der Waals surface area (Å²) >= 11 is 0. The number of likely N-dealkylation sites (N-methyl/N-ethyl adjacent to an activating group) is 1. The van der Waals surface area contributed by atoms with Gasteiger partial charge in [-0.2, -0.15) is 0 Å². The SMILES string of the molecule is CCOc1ccc(OC(CNC)c2ccccc2)cc1. The molecule has 0 saturated heterocycles. The Labute approximate surface area is 120 Å².